The summed E-state index contributed by atoms with van der Waals surface area (Å²) in [5.41, 5.74) is 7.04. The molecule has 156 valence electrons. The lowest BCUT2D eigenvalue weighted by Gasteiger charge is -2.27. The summed E-state index contributed by atoms with van der Waals surface area (Å²) in [6, 6.07) is 9.39. The third kappa shape index (κ3) is 6.03. The van der Waals surface area contributed by atoms with Gasteiger partial charge in [-0.05, 0) is 31.1 Å². The van der Waals surface area contributed by atoms with Crippen LogP contribution in [-0.4, -0.2) is 41.5 Å². The number of hydrogen-bond donors (Lipinski definition) is 3. The molecule has 0 saturated carbocycles. The number of nitrogens with one attached hydrogen (secondary N) is 2. The van der Waals surface area contributed by atoms with E-state index in [2.05, 4.69) is 16.9 Å². The van der Waals surface area contributed by atoms with E-state index < -0.39 is 11.2 Å². The van der Waals surface area contributed by atoms with Crippen molar-refractivity contribution in [3.8, 4) is 0 Å². The van der Waals surface area contributed by atoms with Gasteiger partial charge in [0.05, 0.1) is 6.54 Å². The second kappa shape index (κ2) is 10.6. The minimum absolute atomic E-state index is 0.0551. The van der Waals surface area contributed by atoms with Gasteiger partial charge in [0, 0.05) is 26.8 Å². The lowest BCUT2D eigenvalue weighted by atomic mass is 10.2. The summed E-state index contributed by atoms with van der Waals surface area (Å²) in [4.78, 5) is 29.0. The van der Waals surface area contributed by atoms with Crippen molar-refractivity contribution in [3.05, 3.63) is 68.9 Å². The molecule has 8 nitrogen and oxygen atoms in total. The largest absolute Gasteiger partial charge is 0.385 e. The van der Waals surface area contributed by atoms with Gasteiger partial charge < -0.3 is 20.7 Å². The number of aromatic amines is 1. The van der Waals surface area contributed by atoms with E-state index in [1.165, 1.54) is 4.57 Å². The molecule has 0 aliphatic rings. The fraction of sp³-hybridized carbons (Fsp3) is 0.350. The maximum Gasteiger partial charge on any atom is 0.330 e. The number of methoxy groups -OCH3 is 1. The second-order valence-corrected chi connectivity index (χ2v) is 7.07. The number of anilines is 2. The van der Waals surface area contributed by atoms with Gasteiger partial charge in [-0.25, -0.2) is 4.79 Å². The Balaban J connectivity index is 2.46. The van der Waals surface area contributed by atoms with Crippen LogP contribution in [-0.2, 0) is 11.3 Å². The van der Waals surface area contributed by atoms with Crippen LogP contribution in [0, 0.1) is 0 Å². The molecule has 0 saturated heterocycles. The van der Waals surface area contributed by atoms with E-state index in [0.29, 0.717) is 31.2 Å². The van der Waals surface area contributed by atoms with E-state index in [1.54, 1.807) is 12.0 Å². The van der Waals surface area contributed by atoms with Crippen LogP contribution in [0.1, 0.15) is 18.9 Å². The molecule has 0 atom stereocenters. The molecular weight excluding hydrogens is 390 g/mol. The van der Waals surface area contributed by atoms with Crippen LogP contribution in [0.2, 0.25) is 0 Å². The van der Waals surface area contributed by atoms with Gasteiger partial charge in [-0.1, -0.05) is 42.5 Å². The molecule has 0 fully saturated rings. The lowest BCUT2D eigenvalue weighted by Crippen LogP contribution is -2.46. The van der Waals surface area contributed by atoms with Gasteiger partial charge in [0.1, 0.15) is 5.82 Å². The first kappa shape index (κ1) is 22.4. The van der Waals surface area contributed by atoms with Gasteiger partial charge >= 0.3 is 5.69 Å². The van der Waals surface area contributed by atoms with Crippen LogP contribution in [0.3, 0.4) is 0 Å². The summed E-state index contributed by atoms with van der Waals surface area (Å²) in [7, 11) is 1.60. The minimum atomic E-state index is -0.589. The number of H-pyrrole nitrogens is 1. The maximum absolute atomic E-state index is 12.7. The Kier molecular flexibility index (Phi) is 8.17. The number of thiocarbonyl (C=S) groups is 1. The summed E-state index contributed by atoms with van der Waals surface area (Å²) in [5.74, 6) is 0.0551. The van der Waals surface area contributed by atoms with E-state index >= 15 is 0 Å². The number of ether oxygens (including phenoxy) is 1. The molecule has 1 heterocycles. The van der Waals surface area contributed by atoms with Crippen LogP contribution in [0.5, 0.6) is 0 Å². The first-order valence-corrected chi connectivity index (χ1v) is 9.61. The molecular formula is C20H27N5O3S. The SMILES string of the molecule is C=C(C)CNC(=S)N(CCCOC)c1c(N)n(Cc2ccccc2)c(=O)[nH]c1=O. The first-order valence-electron chi connectivity index (χ1n) is 9.20. The van der Waals surface area contributed by atoms with Crippen molar-refractivity contribution in [3.63, 3.8) is 0 Å². The van der Waals surface area contributed by atoms with Gasteiger partial charge in [0.15, 0.2) is 10.8 Å². The molecule has 4 N–H and O–H groups in total. The third-order valence-electron chi connectivity index (χ3n) is 4.18. The van der Waals surface area contributed by atoms with E-state index in [-0.39, 0.29) is 18.1 Å². The zero-order valence-corrected chi connectivity index (χ0v) is 17.6. The highest BCUT2D eigenvalue weighted by molar-refractivity contribution is 7.80. The molecule has 0 spiro atoms. The third-order valence-corrected chi connectivity index (χ3v) is 4.55. The Morgan fingerprint density at radius 1 is 1.34 bits per heavy atom. The van der Waals surface area contributed by atoms with Gasteiger partial charge in [-0.2, -0.15) is 0 Å². The number of benzene rings is 1. The summed E-state index contributed by atoms with van der Waals surface area (Å²) in [6.07, 6.45) is 0.613. The number of nitrogen functional groups attached to an aromatic ring is 1. The maximum atomic E-state index is 12.7. The van der Waals surface area contributed by atoms with E-state index in [9.17, 15) is 9.59 Å². The molecule has 0 aliphatic carbocycles. The summed E-state index contributed by atoms with van der Waals surface area (Å²) >= 11 is 5.49. The number of aromatic nitrogens is 2. The van der Waals surface area contributed by atoms with Gasteiger partial charge in [0.25, 0.3) is 5.56 Å². The van der Waals surface area contributed by atoms with Crippen molar-refractivity contribution < 1.29 is 4.74 Å². The van der Waals surface area contributed by atoms with E-state index in [1.807, 2.05) is 37.3 Å². The minimum Gasteiger partial charge on any atom is -0.385 e. The number of nitrogens with two attached hydrogens (primary N) is 1. The Labute approximate surface area is 175 Å². The molecule has 2 aromatic rings. The summed E-state index contributed by atoms with van der Waals surface area (Å²) in [6.45, 7) is 7.28. The standard InChI is InChI=1S/C20H27N5O3S/c1-14(2)12-22-20(29)24(10-7-11-28-3)16-17(21)25(19(27)23-18(16)26)13-15-8-5-4-6-9-15/h4-6,8-9H,1,7,10-13,21H2,2-3H3,(H,22,29)(H,23,26,27). The molecule has 29 heavy (non-hydrogen) atoms. The number of hydrogen-bond acceptors (Lipinski definition) is 5. The first-order chi connectivity index (χ1) is 13.8. The zero-order chi connectivity index (χ0) is 21.4. The molecule has 9 heteroatoms. The Hall–Kier alpha value is -2.91. The molecule has 0 unspecified atom stereocenters. The Morgan fingerprint density at radius 2 is 2.03 bits per heavy atom. The summed E-state index contributed by atoms with van der Waals surface area (Å²) in [5, 5.41) is 3.39. The zero-order valence-electron chi connectivity index (χ0n) is 16.7. The molecule has 0 bridgehead atoms. The quantitative estimate of drug-likeness (QED) is 0.322. The Bertz CT molecular complexity index is 968. The fourth-order valence-electron chi connectivity index (χ4n) is 2.77. The van der Waals surface area contributed by atoms with Gasteiger partial charge in [-0.3, -0.25) is 14.3 Å². The van der Waals surface area contributed by atoms with Crippen molar-refractivity contribution in [2.75, 3.05) is 37.4 Å². The van der Waals surface area contributed by atoms with Crippen molar-refractivity contribution in [1.82, 2.24) is 14.9 Å². The lowest BCUT2D eigenvalue weighted by molar-refractivity contribution is 0.197. The van der Waals surface area contributed by atoms with Crippen LogP contribution >= 0.6 is 12.2 Å². The Morgan fingerprint density at radius 3 is 2.66 bits per heavy atom. The smallest absolute Gasteiger partial charge is 0.330 e. The number of nitrogens with zero attached hydrogens (tertiary/aromatic N) is 2. The monoisotopic (exact) mass is 417 g/mol. The molecule has 0 aliphatic heterocycles. The van der Waals surface area contributed by atoms with Crippen LogP contribution < -0.4 is 27.2 Å². The second-order valence-electron chi connectivity index (χ2n) is 6.68. The van der Waals surface area contributed by atoms with Gasteiger partial charge in [0.2, 0.25) is 0 Å². The topological polar surface area (TPSA) is 105 Å². The summed E-state index contributed by atoms with van der Waals surface area (Å²) < 4.78 is 6.44. The van der Waals surface area contributed by atoms with E-state index in [0.717, 1.165) is 11.1 Å². The average molecular weight is 418 g/mol. The van der Waals surface area contributed by atoms with Crippen LogP contribution in [0.15, 0.2) is 52.1 Å². The fourth-order valence-corrected chi connectivity index (χ4v) is 3.02. The molecule has 1 aromatic heterocycles. The molecule has 0 radical (unpaired) electrons. The van der Waals surface area contributed by atoms with Crippen LogP contribution in [0.25, 0.3) is 0 Å². The van der Waals surface area contributed by atoms with Gasteiger partial charge in [-0.15, -0.1) is 0 Å². The van der Waals surface area contributed by atoms with Crippen molar-refractivity contribution in [2.45, 2.75) is 19.9 Å². The van der Waals surface area contributed by atoms with Crippen molar-refractivity contribution >= 4 is 28.8 Å². The molecule has 2 rings (SSSR count). The highest BCUT2D eigenvalue weighted by Crippen LogP contribution is 2.18. The molecule has 1 aromatic carbocycles. The van der Waals surface area contributed by atoms with Crippen molar-refractivity contribution in [1.29, 1.82) is 0 Å². The predicted molar refractivity (Wildman–Crippen MR) is 121 cm³/mol. The molecule has 0 amide bonds. The normalized spacial score (nSPS) is 10.6. The van der Waals surface area contributed by atoms with E-state index in [4.69, 9.17) is 22.7 Å². The highest BCUT2D eigenvalue weighted by Gasteiger charge is 2.22. The number of rotatable bonds is 9. The van der Waals surface area contributed by atoms with Crippen LogP contribution in [0.4, 0.5) is 11.5 Å². The van der Waals surface area contributed by atoms with Crippen molar-refractivity contribution in [2.24, 2.45) is 0 Å². The average Bonchev–Trinajstić information content (AvgIpc) is 2.69. The highest BCUT2D eigenvalue weighted by atomic mass is 32.1. The predicted octanol–water partition coefficient (Wildman–Crippen LogP) is 1.46.